The van der Waals surface area contributed by atoms with E-state index in [1.54, 1.807) is 18.5 Å². The van der Waals surface area contributed by atoms with Crippen molar-refractivity contribution < 1.29 is 4.79 Å². The quantitative estimate of drug-likeness (QED) is 0.705. The van der Waals surface area contributed by atoms with Gasteiger partial charge in [0.05, 0.1) is 11.3 Å². The zero-order valence-electron chi connectivity index (χ0n) is 14.2. The van der Waals surface area contributed by atoms with Crippen molar-refractivity contribution in [1.29, 1.82) is 5.26 Å². The molecule has 2 heterocycles. The van der Waals surface area contributed by atoms with Crippen molar-refractivity contribution in [2.75, 3.05) is 11.1 Å². The molecule has 1 amide bonds. The summed E-state index contributed by atoms with van der Waals surface area (Å²) in [5.41, 5.74) is 9.76. The summed E-state index contributed by atoms with van der Waals surface area (Å²) in [7, 11) is 0. The second-order valence-corrected chi connectivity index (χ2v) is 6.45. The monoisotopic (exact) mass is 344 g/mol. The number of anilines is 2. The van der Waals surface area contributed by atoms with Gasteiger partial charge in [-0.25, -0.2) is 0 Å². The van der Waals surface area contributed by atoms with Gasteiger partial charge >= 0.3 is 0 Å². The summed E-state index contributed by atoms with van der Waals surface area (Å²) in [5.74, 6) is 0.420. The first-order valence-corrected chi connectivity index (χ1v) is 8.30. The number of benzene rings is 1. The van der Waals surface area contributed by atoms with Crippen molar-refractivity contribution in [1.82, 2.24) is 15.2 Å². The number of aromatic nitrogens is 3. The lowest BCUT2D eigenvalue weighted by atomic mass is 9.95. The molecule has 1 saturated carbocycles. The SMILES string of the molecule is Cc1ccncc1-c1cc2cc(NC(=O)C3CC3)nnc2c(N)c1C#N. The predicted molar refractivity (Wildman–Crippen MR) is 98.0 cm³/mol. The number of nitrogens with zero attached hydrogens (tertiary/aromatic N) is 4. The Morgan fingerprint density at radius 3 is 2.81 bits per heavy atom. The molecule has 1 fully saturated rings. The molecule has 4 rings (SSSR count). The number of carbonyl (C=O) groups is 1. The van der Waals surface area contributed by atoms with Crippen LogP contribution in [0.5, 0.6) is 0 Å². The Balaban J connectivity index is 1.87. The van der Waals surface area contributed by atoms with E-state index in [9.17, 15) is 10.1 Å². The average Bonchev–Trinajstić information content (AvgIpc) is 3.47. The smallest absolute Gasteiger partial charge is 0.228 e. The van der Waals surface area contributed by atoms with Crippen molar-refractivity contribution in [3.05, 3.63) is 41.7 Å². The molecule has 2 aromatic heterocycles. The molecule has 1 aliphatic carbocycles. The lowest BCUT2D eigenvalue weighted by Gasteiger charge is -2.12. The van der Waals surface area contributed by atoms with Crippen LogP contribution in [0.15, 0.2) is 30.6 Å². The van der Waals surface area contributed by atoms with E-state index in [-0.39, 0.29) is 17.5 Å². The van der Waals surface area contributed by atoms with Crippen molar-refractivity contribution in [2.45, 2.75) is 19.8 Å². The number of amides is 1. The lowest BCUT2D eigenvalue weighted by Crippen LogP contribution is -2.14. The van der Waals surface area contributed by atoms with E-state index in [1.807, 2.05) is 19.1 Å². The van der Waals surface area contributed by atoms with E-state index < -0.39 is 0 Å². The van der Waals surface area contributed by atoms with E-state index in [4.69, 9.17) is 5.73 Å². The van der Waals surface area contributed by atoms with Crippen LogP contribution in [0.1, 0.15) is 24.0 Å². The van der Waals surface area contributed by atoms with Gasteiger partial charge in [-0.1, -0.05) is 0 Å². The molecule has 3 aromatic rings. The van der Waals surface area contributed by atoms with Gasteiger partial charge in [-0.05, 0) is 43.5 Å². The van der Waals surface area contributed by atoms with Gasteiger partial charge < -0.3 is 11.1 Å². The summed E-state index contributed by atoms with van der Waals surface area (Å²) in [4.78, 5) is 16.1. The van der Waals surface area contributed by atoms with Crippen LogP contribution in [-0.4, -0.2) is 21.1 Å². The van der Waals surface area contributed by atoms with Crippen LogP contribution in [0.25, 0.3) is 22.0 Å². The number of aryl methyl sites for hydroxylation is 1. The zero-order chi connectivity index (χ0) is 18.3. The number of hydrogen-bond acceptors (Lipinski definition) is 6. The van der Waals surface area contributed by atoms with Crippen molar-refractivity contribution in [3.8, 4) is 17.2 Å². The molecule has 3 N–H and O–H groups in total. The third-order valence-electron chi connectivity index (χ3n) is 4.56. The average molecular weight is 344 g/mol. The summed E-state index contributed by atoms with van der Waals surface area (Å²) in [5, 5.41) is 21.2. The molecule has 0 saturated heterocycles. The highest BCUT2D eigenvalue weighted by Crippen LogP contribution is 2.35. The van der Waals surface area contributed by atoms with Gasteiger partial charge in [0.25, 0.3) is 0 Å². The topological polar surface area (TPSA) is 118 Å². The van der Waals surface area contributed by atoms with Gasteiger partial charge in [0, 0.05) is 34.8 Å². The number of nitrogens with two attached hydrogens (primary N) is 1. The van der Waals surface area contributed by atoms with Crippen LogP contribution in [0.3, 0.4) is 0 Å². The van der Waals surface area contributed by atoms with Crippen LogP contribution in [0.2, 0.25) is 0 Å². The number of carbonyl (C=O) groups excluding carboxylic acids is 1. The maximum absolute atomic E-state index is 12.0. The molecule has 128 valence electrons. The van der Waals surface area contributed by atoms with Gasteiger partial charge in [-0.2, -0.15) is 5.26 Å². The first-order chi connectivity index (χ1) is 12.6. The fourth-order valence-corrected chi connectivity index (χ4v) is 2.93. The Morgan fingerprint density at radius 1 is 1.31 bits per heavy atom. The third-order valence-corrected chi connectivity index (χ3v) is 4.56. The number of hydrogen-bond donors (Lipinski definition) is 2. The van der Waals surface area contributed by atoms with Crippen molar-refractivity contribution in [2.24, 2.45) is 5.92 Å². The lowest BCUT2D eigenvalue weighted by molar-refractivity contribution is -0.117. The Labute approximate surface area is 149 Å². The van der Waals surface area contributed by atoms with E-state index in [0.29, 0.717) is 27.8 Å². The van der Waals surface area contributed by atoms with Crippen LogP contribution in [0.4, 0.5) is 11.5 Å². The molecule has 7 nitrogen and oxygen atoms in total. The molecule has 0 radical (unpaired) electrons. The van der Waals surface area contributed by atoms with Crippen LogP contribution >= 0.6 is 0 Å². The summed E-state index contributed by atoms with van der Waals surface area (Å²) in [6, 6.07) is 7.61. The summed E-state index contributed by atoms with van der Waals surface area (Å²) in [6.45, 7) is 1.95. The largest absolute Gasteiger partial charge is 0.396 e. The highest BCUT2D eigenvalue weighted by atomic mass is 16.2. The Hall–Kier alpha value is -3.53. The fourth-order valence-electron chi connectivity index (χ4n) is 2.93. The molecule has 0 atom stereocenters. The summed E-state index contributed by atoms with van der Waals surface area (Å²) >= 11 is 0. The third kappa shape index (κ3) is 2.71. The molecule has 0 spiro atoms. The van der Waals surface area contributed by atoms with Gasteiger partial charge in [-0.3, -0.25) is 9.78 Å². The molecule has 1 aliphatic rings. The van der Waals surface area contributed by atoms with Crippen molar-refractivity contribution in [3.63, 3.8) is 0 Å². The van der Waals surface area contributed by atoms with Crippen LogP contribution in [-0.2, 0) is 4.79 Å². The number of nitriles is 1. The molecule has 1 aromatic carbocycles. The number of nitrogen functional groups attached to an aromatic ring is 1. The van der Waals surface area contributed by atoms with Crippen molar-refractivity contribution >= 4 is 28.3 Å². The number of nitrogens with one attached hydrogen (secondary N) is 1. The maximum atomic E-state index is 12.0. The van der Waals surface area contributed by atoms with E-state index in [0.717, 1.165) is 24.0 Å². The Kier molecular flexibility index (Phi) is 3.73. The first kappa shape index (κ1) is 16.0. The molecule has 0 aliphatic heterocycles. The van der Waals surface area contributed by atoms with Crippen LogP contribution < -0.4 is 11.1 Å². The van der Waals surface area contributed by atoms with Gasteiger partial charge in [0.15, 0.2) is 5.82 Å². The van der Waals surface area contributed by atoms with Crippen LogP contribution in [0, 0.1) is 24.2 Å². The van der Waals surface area contributed by atoms with E-state index in [2.05, 4.69) is 26.6 Å². The molecule has 26 heavy (non-hydrogen) atoms. The first-order valence-electron chi connectivity index (χ1n) is 8.30. The molecule has 7 heteroatoms. The minimum absolute atomic E-state index is 0.0383. The number of fused-ring (bicyclic) bond motifs is 1. The highest BCUT2D eigenvalue weighted by Gasteiger charge is 2.30. The summed E-state index contributed by atoms with van der Waals surface area (Å²) < 4.78 is 0. The minimum atomic E-state index is -0.0383. The highest BCUT2D eigenvalue weighted by molar-refractivity contribution is 6.00. The predicted octanol–water partition coefficient (Wildman–Crippen LogP) is 2.80. The zero-order valence-corrected chi connectivity index (χ0v) is 14.2. The molecule has 0 bridgehead atoms. The standard InChI is InChI=1S/C19H16N6O/c1-10-4-5-22-9-15(10)13-6-12-7-16(23-19(26)11-2-3-11)24-25-18(12)17(21)14(13)8-20/h4-7,9,11H,2-3,21H2,1H3,(H,23,24,26). The Bertz CT molecular complexity index is 1080. The Morgan fingerprint density at radius 2 is 2.12 bits per heavy atom. The number of rotatable bonds is 3. The minimum Gasteiger partial charge on any atom is -0.396 e. The molecular formula is C19H16N6O. The maximum Gasteiger partial charge on any atom is 0.228 e. The van der Waals surface area contributed by atoms with E-state index in [1.165, 1.54) is 0 Å². The second-order valence-electron chi connectivity index (χ2n) is 6.45. The molecular weight excluding hydrogens is 328 g/mol. The normalized spacial score (nSPS) is 13.4. The van der Waals surface area contributed by atoms with Gasteiger partial charge in [0.2, 0.25) is 5.91 Å². The van der Waals surface area contributed by atoms with Gasteiger partial charge in [0.1, 0.15) is 11.6 Å². The number of pyridine rings is 1. The summed E-state index contributed by atoms with van der Waals surface area (Å²) in [6.07, 6.45) is 5.24. The fraction of sp³-hybridized carbons (Fsp3) is 0.211. The van der Waals surface area contributed by atoms with Gasteiger partial charge in [-0.15, -0.1) is 10.2 Å². The molecule has 0 unspecified atom stereocenters. The second kappa shape index (κ2) is 6.08. The van der Waals surface area contributed by atoms with E-state index >= 15 is 0 Å².